The molecule has 0 aliphatic carbocycles. The summed E-state index contributed by atoms with van der Waals surface area (Å²) in [5.74, 6) is -0.675. The van der Waals surface area contributed by atoms with Crippen molar-refractivity contribution >= 4 is 23.2 Å². The van der Waals surface area contributed by atoms with Gasteiger partial charge in [0.1, 0.15) is 6.07 Å². The number of hydrogen-bond acceptors (Lipinski definition) is 5. The predicted molar refractivity (Wildman–Crippen MR) is 68.3 cm³/mol. The van der Waals surface area contributed by atoms with Gasteiger partial charge in [0, 0.05) is 6.42 Å². The number of benzene rings is 1. The molecule has 0 saturated carbocycles. The highest BCUT2D eigenvalue weighted by atomic mass is 35.5. The smallest absolute Gasteiger partial charge is 0.271 e. The van der Waals surface area contributed by atoms with Crippen LogP contribution in [-0.2, 0) is 6.42 Å². The van der Waals surface area contributed by atoms with Crippen molar-refractivity contribution in [3.05, 3.63) is 39.7 Å². The molecule has 1 aromatic heterocycles. The number of nitrogens with one attached hydrogen (secondary N) is 1. The standard InChI is InChI=1S/C11H9ClN6O/c12-9-6(4-13)1-5(2-7(9)14)3-8-10(11(15)19)17-18-16-8/h1-2H,3,14H2,(H2,15,19)(H,16,17,18). The van der Waals surface area contributed by atoms with Crippen LogP contribution in [0.2, 0.25) is 5.02 Å². The minimum Gasteiger partial charge on any atom is -0.397 e. The van der Waals surface area contributed by atoms with Crippen molar-refractivity contribution in [2.75, 3.05) is 5.73 Å². The molecular weight excluding hydrogens is 268 g/mol. The molecule has 0 atom stereocenters. The van der Waals surface area contributed by atoms with Crippen LogP contribution in [0.25, 0.3) is 0 Å². The Morgan fingerprint density at radius 3 is 2.84 bits per heavy atom. The number of primary amides is 1. The minimum atomic E-state index is -0.675. The molecule has 7 nitrogen and oxygen atoms in total. The highest BCUT2D eigenvalue weighted by molar-refractivity contribution is 6.34. The second-order valence-electron chi connectivity index (χ2n) is 3.82. The third-order valence-electron chi connectivity index (χ3n) is 2.51. The number of rotatable bonds is 3. The van der Waals surface area contributed by atoms with Crippen LogP contribution in [0.1, 0.15) is 27.3 Å². The second-order valence-corrected chi connectivity index (χ2v) is 4.20. The first-order valence-electron chi connectivity index (χ1n) is 5.20. The van der Waals surface area contributed by atoms with E-state index in [4.69, 9.17) is 28.3 Å². The normalized spacial score (nSPS) is 10.1. The molecule has 1 aromatic carbocycles. The Morgan fingerprint density at radius 2 is 2.21 bits per heavy atom. The van der Waals surface area contributed by atoms with E-state index < -0.39 is 5.91 Å². The molecule has 2 rings (SSSR count). The topological polar surface area (TPSA) is 134 Å². The van der Waals surface area contributed by atoms with Crippen LogP contribution < -0.4 is 11.5 Å². The number of halogens is 1. The van der Waals surface area contributed by atoms with Crippen molar-refractivity contribution in [1.82, 2.24) is 15.4 Å². The lowest BCUT2D eigenvalue weighted by Crippen LogP contribution is -2.14. The molecule has 0 aliphatic rings. The van der Waals surface area contributed by atoms with Gasteiger partial charge in [-0.2, -0.15) is 20.7 Å². The Morgan fingerprint density at radius 1 is 1.47 bits per heavy atom. The first-order valence-corrected chi connectivity index (χ1v) is 5.58. The van der Waals surface area contributed by atoms with E-state index in [0.717, 1.165) is 0 Å². The van der Waals surface area contributed by atoms with Gasteiger partial charge < -0.3 is 11.5 Å². The fraction of sp³-hybridized carbons (Fsp3) is 0.0909. The number of nitrogens with zero attached hydrogens (tertiary/aromatic N) is 3. The minimum absolute atomic E-state index is 0.0621. The summed E-state index contributed by atoms with van der Waals surface area (Å²) in [6.45, 7) is 0. The Balaban J connectivity index is 2.39. The Bertz CT molecular complexity index is 687. The molecule has 5 N–H and O–H groups in total. The lowest BCUT2D eigenvalue weighted by Gasteiger charge is -2.05. The molecule has 2 aromatic rings. The van der Waals surface area contributed by atoms with Gasteiger partial charge >= 0.3 is 0 Å². The van der Waals surface area contributed by atoms with Crippen molar-refractivity contribution < 1.29 is 4.79 Å². The summed E-state index contributed by atoms with van der Waals surface area (Å²) in [5.41, 5.74) is 12.6. The first-order chi connectivity index (χ1) is 9.02. The third kappa shape index (κ3) is 2.48. The van der Waals surface area contributed by atoms with Crippen molar-refractivity contribution in [1.29, 1.82) is 5.26 Å². The Labute approximate surface area is 113 Å². The number of nitriles is 1. The van der Waals surface area contributed by atoms with E-state index in [2.05, 4.69) is 15.4 Å². The van der Waals surface area contributed by atoms with Crippen molar-refractivity contribution in [3.63, 3.8) is 0 Å². The second kappa shape index (κ2) is 4.96. The van der Waals surface area contributed by atoms with Crippen LogP contribution in [0, 0.1) is 11.3 Å². The lowest BCUT2D eigenvalue weighted by atomic mass is 10.0. The maximum Gasteiger partial charge on any atom is 0.271 e. The van der Waals surface area contributed by atoms with Gasteiger partial charge in [-0.3, -0.25) is 4.79 Å². The van der Waals surface area contributed by atoms with Crippen LogP contribution in [0.3, 0.4) is 0 Å². The average molecular weight is 277 g/mol. The van der Waals surface area contributed by atoms with E-state index in [1.54, 1.807) is 12.1 Å². The van der Waals surface area contributed by atoms with E-state index >= 15 is 0 Å². The number of nitrogens with two attached hydrogens (primary N) is 2. The van der Waals surface area contributed by atoms with Gasteiger partial charge in [0.15, 0.2) is 5.69 Å². The molecule has 0 spiro atoms. The van der Waals surface area contributed by atoms with Crippen LogP contribution in [0.5, 0.6) is 0 Å². The molecule has 19 heavy (non-hydrogen) atoms. The van der Waals surface area contributed by atoms with Gasteiger partial charge in [-0.15, -0.1) is 0 Å². The molecule has 96 valence electrons. The fourth-order valence-electron chi connectivity index (χ4n) is 1.66. The maximum atomic E-state index is 11.1. The molecule has 0 bridgehead atoms. The van der Waals surface area contributed by atoms with Crippen molar-refractivity contribution in [3.8, 4) is 6.07 Å². The number of anilines is 1. The Hall–Kier alpha value is -2.59. The molecular formula is C11H9ClN6O. The number of hydrogen-bond donors (Lipinski definition) is 3. The summed E-state index contributed by atoms with van der Waals surface area (Å²) < 4.78 is 0. The maximum absolute atomic E-state index is 11.1. The third-order valence-corrected chi connectivity index (χ3v) is 2.93. The molecule has 1 amide bonds. The number of H-pyrrole nitrogens is 1. The van der Waals surface area contributed by atoms with Gasteiger partial charge in [-0.05, 0) is 17.7 Å². The summed E-state index contributed by atoms with van der Waals surface area (Å²) >= 11 is 5.87. The largest absolute Gasteiger partial charge is 0.397 e. The monoisotopic (exact) mass is 276 g/mol. The van der Waals surface area contributed by atoms with Gasteiger partial charge in [0.05, 0.1) is 22.0 Å². The molecule has 1 heterocycles. The van der Waals surface area contributed by atoms with Gasteiger partial charge in [0.2, 0.25) is 0 Å². The SMILES string of the molecule is N#Cc1cc(Cc2n[nH]nc2C(N)=O)cc(N)c1Cl. The van der Waals surface area contributed by atoms with E-state index in [-0.39, 0.29) is 22.7 Å². The molecule has 0 fully saturated rings. The van der Waals surface area contributed by atoms with E-state index in [1.165, 1.54) is 0 Å². The highest BCUT2D eigenvalue weighted by Crippen LogP contribution is 2.26. The number of aromatic amines is 1. The lowest BCUT2D eigenvalue weighted by molar-refractivity contribution is 0.0994. The molecule has 0 radical (unpaired) electrons. The summed E-state index contributed by atoms with van der Waals surface area (Å²) in [5, 5.41) is 19.0. The molecule has 0 unspecified atom stereocenters. The number of carbonyl (C=O) groups excluding carboxylic acids is 1. The fourth-order valence-corrected chi connectivity index (χ4v) is 1.81. The van der Waals surface area contributed by atoms with Gasteiger partial charge in [-0.25, -0.2) is 0 Å². The van der Waals surface area contributed by atoms with Crippen molar-refractivity contribution in [2.45, 2.75) is 6.42 Å². The summed E-state index contributed by atoms with van der Waals surface area (Å²) in [4.78, 5) is 11.1. The number of amides is 1. The zero-order chi connectivity index (χ0) is 14.0. The number of aromatic nitrogens is 3. The highest BCUT2D eigenvalue weighted by Gasteiger charge is 2.15. The van der Waals surface area contributed by atoms with Crippen LogP contribution in [-0.4, -0.2) is 21.3 Å². The zero-order valence-electron chi connectivity index (χ0n) is 9.64. The van der Waals surface area contributed by atoms with E-state index in [1.807, 2.05) is 6.07 Å². The molecule has 0 aliphatic heterocycles. The van der Waals surface area contributed by atoms with Crippen LogP contribution in [0.4, 0.5) is 5.69 Å². The summed E-state index contributed by atoms with van der Waals surface area (Å²) in [6.07, 6.45) is 0.269. The average Bonchev–Trinajstić information content (AvgIpc) is 2.81. The van der Waals surface area contributed by atoms with E-state index in [9.17, 15) is 4.79 Å². The number of nitrogen functional groups attached to an aromatic ring is 1. The summed E-state index contributed by atoms with van der Waals surface area (Å²) in [7, 11) is 0. The molecule has 8 heteroatoms. The number of carbonyl (C=O) groups is 1. The van der Waals surface area contributed by atoms with E-state index in [0.29, 0.717) is 16.9 Å². The van der Waals surface area contributed by atoms with Gasteiger partial charge in [-0.1, -0.05) is 11.6 Å². The zero-order valence-corrected chi connectivity index (χ0v) is 10.4. The predicted octanol–water partition coefficient (Wildman–Crippen LogP) is 0.602. The van der Waals surface area contributed by atoms with Gasteiger partial charge in [0.25, 0.3) is 5.91 Å². The summed E-state index contributed by atoms with van der Waals surface area (Å²) in [6, 6.07) is 5.14. The van der Waals surface area contributed by atoms with Crippen molar-refractivity contribution in [2.24, 2.45) is 5.73 Å². The quantitative estimate of drug-likeness (QED) is 0.706. The van der Waals surface area contributed by atoms with Crippen LogP contribution >= 0.6 is 11.6 Å². The van der Waals surface area contributed by atoms with Crippen LogP contribution in [0.15, 0.2) is 12.1 Å². The Kier molecular flexibility index (Phi) is 3.35. The molecule has 0 saturated heterocycles. The first kappa shape index (κ1) is 12.9.